The lowest BCUT2D eigenvalue weighted by atomic mass is 10.1. The third-order valence-electron chi connectivity index (χ3n) is 4.03. The smallest absolute Gasteiger partial charge is 0.291 e. The van der Waals surface area contributed by atoms with Gasteiger partial charge in [0.25, 0.3) is 11.8 Å². The molecule has 0 atom stereocenters. The van der Waals surface area contributed by atoms with E-state index in [9.17, 15) is 14.0 Å². The number of carbonyl (C=O) groups excluding carboxylic acids is 2. The highest BCUT2D eigenvalue weighted by atomic mass is 32.1. The molecule has 2 heterocycles. The largest absolute Gasteiger partial charge is 0.489 e. The molecule has 0 radical (unpaired) electrons. The number of benzene rings is 2. The molecule has 0 saturated heterocycles. The summed E-state index contributed by atoms with van der Waals surface area (Å²) >= 11 is 1.11. The van der Waals surface area contributed by atoms with Gasteiger partial charge in [-0.1, -0.05) is 24.3 Å². The van der Waals surface area contributed by atoms with Gasteiger partial charge in [0.05, 0.1) is 6.20 Å². The molecule has 146 valence electrons. The third-order valence-corrected chi connectivity index (χ3v) is 5.23. The number of hydrazine groups is 1. The van der Waals surface area contributed by atoms with Gasteiger partial charge in [0.1, 0.15) is 23.1 Å². The molecule has 8 nitrogen and oxygen atoms in total. The minimum absolute atomic E-state index is 0.00900. The Morgan fingerprint density at radius 1 is 1.07 bits per heavy atom. The number of nitrogens with one attached hydrogen (secondary N) is 3. The van der Waals surface area contributed by atoms with Crippen LogP contribution in [-0.2, 0) is 6.61 Å². The van der Waals surface area contributed by atoms with Crippen LogP contribution < -0.4 is 15.6 Å². The Morgan fingerprint density at radius 2 is 1.86 bits per heavy atom. The van der Waals surface area contributed by atoms with Gasteiger partial charge in [-0.15, -0.1) is 11.3 Å². The van der Waals surface area contributed by atoms with Crippen molar-refractivity contribution in [3.63, 3.8) is 0 Å². The van der Waals surface area contributed by atoms with Gasteiger partial charge in [-0.3, -0.25) is 20.4 Å². The number of aromatic amines is 1. The molecule has 0 unspecified atom stereocenters. The SMILES string of the molecule is O=C(NNC(=O)c1sc2cccc(F)c2c1COc1ccccc1)c1cn[nH]n1. The zero-order valence-electron chi connectivity index (χ0n) is 14.8. The fraction of sp³-hybridized carbons (Fsp3) is 0.0526. The molecule has 3 N–H and O–H groups in total. The van der Waals surface area contributed by atoms with Crippen molar-refractivity contribution in [3.8, 4) is 5.75 Å². The van der Waals surface area contributed by atoms with Crippen LogP contribution in [-0.4, -0.2) is 27.2 Å². The molecule has 2 aromatic heterocycles. The van der Waals surface area contributed by atoms with E-state index in [4.69, 9.17) is 4.74 Å². The Kier molecular flexibility index (Phi) is 5.16. The number of thiophene rings is 1. The first-order valence-corrected chi connectivity index (χ1v) is 9.29. The van der Waals surface area contributed by atoms with Gasteiger partial charge < -0.3 is 4.74 Å². The van der Waals surface area contributed by atoms with Crippen LogP contribution in [0.3, 0.4) is 0 Å². The number of carbonyl (C=O) groups is 2. The van der Waals surface area contributed by atoms with E-state index in [2.05, 4.69) is 26.3 Å². The fourth-order valence-corrected chi connectivity index (χ4v) is 3.82. The number of hydrogen-bond acceptors (Lipinski definition) is 6. The number of rotatable bonds is 5. The maximum absolute atomic E-state index is 14.5. The van der Waals surface area contributed by atoms with Crippen molar-refractivity contribution >= 4 is 33.2 Å². The topological polar surface area (TPSA) is 109 Å². The molecule has 4 aromatic rings. The summed E-state index contributed by atoms with van der Waals surface area (Å²) in [6.07, 6.45) is 1.22. The van der Waals surface area contributed by atoms with Crippen molar-refractivity contribution in [3.05, 3.63) is 76.7 Å². The number of para-hydroxylation sites is 1. The van der Waals surface area contributed by atoms with Crippen molar-refractivity contribution in [2.24, 2.45) is 0 Å². The summed E-state index contributed by atoms with van der Waals surface area (Å²) in [5, 5.41) is 9.78. The number of nitrogens with zero attached hydrogens (tertiary/aromatic N) is 2. The summed E-state index contributed by atoms with van der Waals surface area (Å²) in [5.74, 6) is -1.08. The van der Waals surface area contributed by atoms with Gasteiger partial charge in [0, 0.05) is 15.6 Å². The maximum atomic E-state index is 14.5. The number of H-pyrrole nitrogens is 1. The highest BCUT2D eigenvalue weighted by molar-refractivity contribution is 7.21. The van der Waals surface area contributed by atoms with Crippen molar-refractivity contribution in [2.75, 3.05) is 0 Å². The summed E-state index contributed by atoms with van der Waals surface area (Å²) in [6, 6.07) is 13.6. The Bertz CT molecular complexity index is 1160. The second-order valence-corrected chi connectivity index (χ2v) is 6.94. The summed E-state index contributed by atoms with van der Waals surface area (Å²) in [5.41, 5.74) is 4.99. The molecule has 10 heteroatoms. The van der Waals surface area contributed by atoms with Crippen LogP contribution >= 0.6 is 11.3 Å². The number of ether oxygens (including phenoxy) is 1. The summed E-state index contributed by atoms with van der Waals surface area (Å²) in [4.78, 5) is 24.9. The first-order valence-electron chi connectivity index (χ1n) is 8.47. The van der Waals surface area contributed by atoms with Crippen LogP contribution in [0.4, 0.5) is 4.39 Å². The Balaban J connectivity index is 1.59. The zero-order valence-corrected chi connectivity index (χ0v) is 15.6. The van der Waals surface area contributed by atoms with Crippen LogP contribution in [0.5, 0.6) is 5.75 Å². The molecular weight excluding hydrogens is 397 g/mol. The number of aromatic nitrogens is 3. The van der Waals surface area contributed by atoms with Gasteiger partial charge in [0.15, 0.2) is 5.69 Å². The molecule has 2 aromatic carbocycles. The predicted octanol–water partition coefficient (Wildman–Crippen LogP) is 2.81. The van der Waals surface area contributed by atoms with Gasteiger partial charge in [-0.2, -0.15) is 15.4 Å². The monoisotopic (exact) mass is 411 g/mol. The Morgan fingerprint density at radius 3 is 2.62 bits per heavy atom. The molecule has 2 amide bonds. The van der Waals surface area contributed by atoms with Crippen LogP contribution in [0, 0.1) is 5.82 Å². The Labute approximate surface area is 167 Å². The molecule has 0 aliphatic heterocycles. The van der Waals surface area contributed by atoms with E-state index in [0.717, 1.165) is 11.3 Å². The molecule has 0 fully saturated rings. The van der Waals surface area contributed by atoms with Gasteiger partial charge >= 0.3 is 0 Å². The lowest BCUT2D eigenvalue weighted by Gasteiger charge is -2.09. The minimum Gasteiger partial charge on any atom is -0.489 e. The van der Waals surface area contributed by atoms with Crippen molar-refractivity contribution in [2.45, 2.75) is 6.61 Å². The molecular formula is C19H14FN5O3S. The minimum atomic E-state index is -0.638. The van der Waals surface area contributed by atoms with Crippen LogP contribution in [0.25, 0.3) is 10.1 Å². The molecule has 0 saturated carbocycles. The van der Waals surface area contributed by atoms with E-state index < -0.39 is 17.6 Å². The van der Waals surface area contributed by atoms with E-state index in [-0.39, 0.29) is 17.2 Å². The summed E-state index contributed by atoms with van der Waals surface area (Å²) < 4.78 is 20.8. The quantitative estimate of drug-likeness (QED) is 0.438. The summed E-state index contributed by atoms with van der Waals surface area (Å²) in [6.45, 7) is -0.00900. The molecule has 4 rings (SSSR count). The van der Waals surface area contributed by atoms with E-state index in [0.29, 0.717) is 21.4 Å². The number of fused-ring (bicyclic) bond motifs is 1. The second-order valence-electron chi connectivity index (χ2n) is 5.89. The van der Waals surface area contributed by atoms with Crippen LogP contribution in [0.2, 0.25) is 0 Å². The molecule has 0 spiro atoms. The lowest BCUT2D eigenvalue weighted by Crippen LogP contribution is -2.41. The maximum Gasteiger partial charge on any atom is 0.291 e. The number of hydrogen-bond donors (Lipinski definition) is 3. The van der Waals surface area contributed by atoms with Crippen molar-refractivity contribution in [1.82, 2.24) is 26.3 Å². The van der Waals surface area contributed by atoms with Gasteiger partial charge in [0.2, 0.25) is 0 Å². The third kappa shape index (κ3) is 3.92. The van der Waals surface area contributed by atoms with E-state index >= 15 is 0 Å². The molecule has 0 aliphatic carbocycles. The second kappa shape index (κ2) is 8.07. The van der Waals surface area contributed by atoms with Gasteiger partial charge in [-0.05, 0) is 24.3 Å². The molecule has 29 heavy (non-hydrogen) atoms. The first kappa shape index (κ1) is 18.6. The average Bonchev–Trinajstić information content (AvgIpc) is 3.40. The number of amides is 2. The number of halogens is 1. The van der Waals surface area contributed by atoms with Crippen LogP contribution in [0.1, 0.15) is 25.7 Å². The van der Waals surface area contributed by atoms with Crippen LogP contribution in [0.15, 0.2) is 54.7 Å². The highest BCUT2D eigenvalue weighted by Crippen LogP contribution is 2.34. The predicted molar refractivity (Wildman–Crippen MR) is 104 cm³/mol. The van der Waals surface area contributed by atoms with Crippen molar-refractivity contribution < 1.29 is 18.7 Å². The average molecular weight is 411 g/mol. The normalized spacial score (nSPS) is 10.7. The van der Waals surface area contributed by atoms with Gasteiger partial charge in [-0.25, -0.2) is 4.39 Å². The lowest BCUT2D eigenvalue weighted by molar-refractivity contribution is 0.0845. The van der Waals surface area contributed by atoms with E-state index in [1.807, 2.05) is 18.2 Å². The Hall–Kier alpha value is -3.79. The van der Waals surface area contributed by atoms with E-state index in [1.165, 1.54) is 12.3 Å². The standard InChI is InChI=1S/C19H14FN5O3S/c20-13-7-4-8-15-16(13)12(10-28-11-5-2-1-3-6-11)17(29-15)19(27)24-23-18(26)14-9-21-25-22-14/h1-9H,10H2,(H,23,26)(H,24,27)(H,21,22,25). The first-order chi connectivity index (χ1) is 14.1. The zero-order chi connectivity index (χ0) is 20.2. The fourth-order valence-electron chi connectivity index (χ4n) is 2.71. The molecule has 0 bridgehead atoms. The van der Waals surface area contributed by atoms with E-state index in [1.54, 1.807) is 24.3 Å². The highest BCUT2D eigenvalue weighted by Gasteiger charge is 2.22. The molecule has 0 aliphatic rings. The van der Waals surface area contributed by atoms with Crippen molar-refractivity contribution in [1.29, 1.82) is 0 Å². The summed E-state index contributed by atoms with van der Waals surface area (Å²) in [7, 11) is 0.